The summed E-state index contributed by atoms with van der Waals surface area (Å²) in [5.74, 6) is 0. The lowest BCUT2D eigenvalue weighted by Gasteiger charge is -2.06. The number of rotatable bonds is 2. The van der Waals surface area contributed by atoms with Gasteiger partial charge in [0.15, 0.2) is 0 Å². The molecule has 0 amide bonds. The number of hydrogen-bond donors (Lipinski definition) is 0. The topological polar surface area (TPSA) is 43.1 Å². The first kappa shape index (κ1) is 12.6. The van der Waals surface area contributed by atoms with Crippen LogP contribution in [0.3, 0.4) is 0 Å². The molecule has 4 heteroatoms. The molecule has 0 spiro atoms. The molecule has 0 saturated carbocycles. The summed E-state index contributed by atoms with van der Waals surface area (Å²) in [6, 6.07) is 10.7. The maximum Gasteiger partial charge on any atom is 0.271 e. The maximum absolute atomic E-state index is 10.8. The predicted molar refractivity (Wildman–Crippen MR) is 73.0 cm³/mol. The van der Waals surface area contributed by atoms with Gasteiger partial charge >= 0.3 is 0 Å². The molecule has 0 radical (unpaired) electrons. The number of non-ortho nitro benzene ring substituents is 1. The van der Waals surface area contributed by atoms with Crippen molar-refractivity contribution in [3.05, 3.63) is 62.7 Å². The van der Waals surface area contributed by atoms with Crippen LogP contribution in [0.2, 0.25) is 5.02 Å². The third-order valence-corrected chi connectivity index (χ3v) is 2.87. The van der Waals surface area contributed by atoms with Gasteiger partial charge in [-0.2, -0.15) is 0 Å². The monoisotopic (exact) mass is 261 g/mol. The zero-order valence-corrected chi connectivity index (χ0v) is 10.9. The summed E-state index contributed by atoms with van der Waals surface area (Å²) in [7, 11) is 0. The molecule has 0 saturated heterocycles. The van der Waals surface area contributed by atoms with Gasteiger partial charge in [0.05, 0.1) is 4.92 Å². The lowest BCUT2D eigenvalue weighted by molar-refractivity contribution is -0.384. The molecule has 0 N–H and O–H groups in total. The van der Waals surface area contributed by atoms with Crippen molar-refractivity contribution in [3.63, 3.8) is 0 Å². The van der Waals surface area contributed by atoms with Gasteiger partial charge in [-0.3, -0.25) is 10.1 Å². The number of nitro benzene ring substituents is 1. The molecule has 0 aliphatic heterocycles. The summed E-state index contributed by atoms with van der Waals surface area (Å²) in [5, 5.41) is 11.2. The molecule has 0 aromatic heterocycles. The van der Waals surface area contributed by atoms with Crippen LogP contribution in [-0.4, -0.2) is 4.92 Å². The lowest BCUT2D eigenvalue weighted by atomic mass is 10.0. The summed E-state index contributed by atoms with van der Waals surface area (Å²) in [6.07, 6.45) is 0. The van der Waals surface area contributed by atoms with Crippen molar-refractivity contribution in [2.45, 2.75) is 13.8 Å². The lowest BCUT2D eigenvalue weighted by Crippen LogP contribution is -1.89. The molecule has 0 heterocycles. The van der Waals surface area contributed by atoms with E-state index in [0.29, 0.717) is 5.02 Å². The quantitative estimate of drug-likeness (QED) is 0.589. The second-order valence-electron chi connectivity index (χ2n) is 4.33. The van der Waals surface area contributed by atoms with E-state index >= 15 is 0 Å². The molecule has 0 aliphatic rings. The highest BCUT2D eigenvalue weighted by atomic mass is 35.5. The second kappa shape index (κ2) is 4.78. The van der Waals surface area contributed by atoms with E-state index in [0.717, 1.165) is 22.3 Å². The summed E-state index contributed by atoms with van der Waals surface area (Å²) >= 11 is 5.92. The van der Waals surface area contributed by atoms with Gasteiger partial charge in [0.25, 0.3) is 5.69 Å². The van der Waals surface area contributed by atoms with Crippen LogP contribution in [0.15, 0.2) is 36.4 Å². The minimum atomic E-state index is -0.433. The maximum atomic E-state index is 10.8. The molecular formula is C14H12ClNO2. The highest BCUT2D eigenvalue weighted by Crippen LogP contribution is 2.29. The van der Waals surface area contributed by atoms with Gasteiger partial charge in [-0.05, 0) is 31.0 Å². The van der Waals surface area contributed by atoms with Crippen LogP contribution in [0.5, 0.6) is 0 Å². The fourth-order valence-electron chi connectivity index (χ4n) is 1.99. The van der Waals surface area contributed by atoms with Crippen molar-refractivity contribution in [2.24, 2.45) is 0 Å². The number of nitrogens with zero attached hydrogens (tertiary/aromatic N) is 1. The first-order chi connectivity index (χ1) is 8.45. The highest BCUT2D eigenvalue weighted by Gasteiger charge is 2.10. The molecule has 92 valence electrons. The van der Waals surface area contributed by atoms with Gasteiger partial charge in [0.2, 0.25) is 0 Å². The molecule has 0 unspecified atom stereocenters. The number of hydrogen-bond acceptors (Lipinski definition) is 2. The van der Waals surface area contributed by atoms with E-state index in [9.17, 15) is 10.1 Å². The van der Waals surface area contributed by atoms with Crippen LogP contribution in [0.1, 0.15) is 11.1 Å². The van der Waals surface area contributed by atoms with E-state index in [1.807, 2.05) is 26.0 Å². The average Bonchev–Trinajstić information content (AvgIpc) is 2.26. The Labute approximate surface area is 110 Å². The van der Waals surface area contributed by atoms with Crippen molar-refractivity contribution in [3.8, 4) is 11.1 Å². The van der Waals surface area contributed by atoms with Crippen molar-refractivity contribution >= 4 is 17.3 Å². The number of nitro groups is 1. The van der Waals surface area contributed by atoms with Crippen LogP contribution in [0, 0.1) is 24.0 Å². The Hall–Kier alpha value is -1.87. The van der Waals surface area contributed by atoms with E-state index in [4.69, 9.17) is 11.6 Å². The van der Waals surface area contributed by atoms with Crippen molar-refractivity contribution in [1.82, 2.24) is 0 Å². The van der Waals surface area contributed by atoms with Crippen LogP contribution >= 0.6 is 11.6 Å². The standard InChI is InChI=1S/C14H12ClNO2/c1-9-3-10(2)5-11(4-9)12-6-13(15)8-14(7-12)16(17)18/h3-8H,1-2H3. The Kier molecular flexibility index (Phi) is 3.34. The van der Waals surface area contributed by atoms with Gasteiger partial charge in [-0.25, -0.2) is 0 Å². The van der Waals surface area contributed by atoms with E-state index in [1.54, 1.807) is 12.1 Å². The first-order valence-electron chi connectivity index (χ1n) is 5.49. The molecule has 3 nitrogen and oxygen atoms in total. The second-order valence-corrected chi connectivity index (χ2v) is 4.77. The number of benzene rings is 2. The molecule has 0 aliphatic carbocycles. The van der Waals surface area contributed by atoms with Gasteiger partial charge in [-0.15, -0.1) is 0 Å². The zero-order chi connectivity index (χ0) is 13.3. The van der Waals surface area contributed by atoms with Crippen molar-refractivity contribution < 1.29 is 4.92 Å². The molecule has 0 atom stereocenters. The fourth-order valence-corrected chi connectivity index (χ4v) is 2.22. The molecule has 2 aromatic rings. The van der Waals surface area contributed by atoms with E-state index in [1.165, 1.54) is 6.07 Å². The van der Waals surface area contributed by atoms with Crippen molar-refractivity contribution in [2.75, 3.05) is 0 Å². The van der Waals surface area contributed by atoms with Crippen molar-refractivity contribution in [1.29, 1.82) is 0 Å². The minimum Gasteiger partial charge on any atom is -0.258 e. The van der Waals surface area contributed by atoms with Crippen LogP contribution in [-0.2, 0) is 0 Å². The van der Waals surface area contributed by atoms with Gasteiger partial charge < -0.3 is 0 Å². The van der Waals surface area contributed by atoms with E-state index in [2.05, 4.69) is 6.07 Å². The zero-order valence-electron chi connectivity index (χ0n) is 10.1. The summed E-state index contributed by atoms with van der Waals surface area (Å²) in [5.41, 5.74) is 3.95. The van der Waals surface area contributed by atoms with Gasteiger partial charge in [0.1, 0.15) is 0 Å². The Morgan fingerprint density at radius 1 is 0.944 bits per heavy atom. The summed E-state index contributed by atoms with van der Waals surface area (Å²) < 4.78 is 0. The summed E-state index contributed by atoms with van der Waals surface area (Å²) in [6.45, 7) is 3.99. The van der Waals surface area contributed by atoms with E-state index < -0.39 is 4.92 Å². The minimum absolute atomic E-state index is 0.0108. The Balaban J connectivity index is 2.59. The molecule has 0 bridgehead atoms. The van der Waals surface area contributed by atoms with Crippen LogP contribution in [0.25, 0.3) is 11.1 Å². The molecule has 2 rings (SSSR count). The normalized spacial score (nSPS) is 10.4. The molecule has 18 heavy (non-hydrogen) atoms. The molecular weight excluding hydrogens is 250 g/mol. The molecule has 2 aromatic carbocycles. The van der Waals surface area contributed by atoms with E-state index in [-0.39, 0.29) is 5.69 Å². The molecule has 0 fully saturated rings. The Bertz CT molecular complexity index is 603. The van der Waals surface area contributed by atoms with Gasteiger partial charge in [-0.1, -0.05) is 40.9 Å². The summed E-state index contributed by atoms with van der Waals surface area (Å²) in [4.78, 5) is 10.4. The largest absolute Gasteiger partial charge is 0.271 e. The Morgan fingerprint density at radius 3 is 2.06 bits per heavy atom. The van der Waals surface area contributed by atoms with Crippen LogP contribution in [0.4, 0.5) is 5.69 Å². The fraction of sp³-hybridized carbons (Fsp3) is 0.143. The van der Waals surface area contributed by atoms with Crippen LogP contribution < -0.4 is 0 Å². The number of halogens is 1. The SMILES string of the molecule is Cc1cc(C)cc(-c2cc(Cl)cc([N+](=O)[O-])c2)c1. The Morgan fingerprint density at radius 2 is 1.50 bits per heavy atom. The smallest absolute Gasteiger partial charge is 0.258 e. The highest BCUT2D eigenvalue weighted by molar-refractivity contribution is 6.31. The third-order valence-electron chi connectivity index (χ3n) is 2.65. The van der Waals surface area contributed by atoms with Gasteiger partial charge in [0, 0.05) is 17.2 Å². The number of aryl methyl sites for hydroxylation is 2. The predicted octanol–water partition coefficient (Wildman–Crippen LogP) is 4.53. The first-order valence-corrected chi connectivity index (χ1v) is 5.87. The average molecular weight is 262 g/mol. The third kappa shape index (κ3) is 2.68.